The molecule has 3 atom stereocenters. The number of aliphatic hydroxyl groups is 2. The second-order valence-corrected chi connectivity index (χ2v) is 5.90. The van der Waals surface area contributed by atoms with E-state index in [1.54, 1.807) is 0 Å². The van der Waals surface area contributed by atoms with Gasteiger partial charge in [0.1, 0.15) is 18.1 Å². The van der Waals surface area contributed by atoms with Crippen molar-refractivity contribution in [2.75, 3.05) is 26.3 Å². The van der Waals surface area contributed by atoms with Gasteiger partial charge in [0.2, 0.25) is 17.7 Å². The average Bonchev–Trinajstić information content (AvgIpc) is 2.62. The Hall–Kier alpha value is -2.44. The fraction of sp³-hybridized carbons (Fsp3) is 0.733. The van der Waals surface area contributed by atoms with Gasteiger partial charge in [0.15, 0.2) is 5.96 Å². The SMILES string of the molecule is C[C@H](NC(=O)[C@@H](N)CO)C(=O)N[C@@H](CCCN=C(N)N)C(=O)NCCCO. The molecule has 0 saturated heterocycles. The lowest BCUT2D eigenvalue weighted by Gasteiger charge is -2.21. The molecule has 27 heavy (non-hydrogen) atoms. The Balaban J connectivity index is 4.77. The smallest absolute Gasteiger partial charge is 0.242 e. The van der Waals surface area contributed by atoms with Crippen molar-refractivity contribution in [2.24, 2.45) is 22.2 Å². The second kappa shape index (κ2) is 13.7. The summed E-state index contributed by atoms with van der Waals surface area (Å²) in [5.74, 6) is -1.76. The third-order valence-corrected chi connectivity index (χ3v) is 3.50. The summed E-state index contributed by atoms with van der Waals surface area (Å²) in [5.41, 5.74) is 15.9. The van der Waals surface area contributed by atoms with Crippen molar-refractivity contribution in [3.05, 3.63) is 0 Å². The molecule has 0 aromatic rings. The molecule has 0 bridgehead atoms. The first-order valence-electron chi connectivity index (χ1n) is 8.64. The van der Waals surface area contributed by atoms with Crippen molar-refractivity contribution in [3.8, 4) is 0 Å². The summed E-state index contributed by atoms with van der Waals surface area (Å²) >= 11 is 0. The lowest BCUT2D eigenvalue weighted by molar-refractivity contribution is -0.132. The van der Waals surface area contributed by atoms with Crippen LogP contribution in [-0.4, -0.2) is 78.3 Å². The molecule has 11 N–H and O–H groups in total. The molecule has 0 rings (SSSR count). The van der Waals surface area contributed by atoms with Gasteiger partial charge in [0, 0.05) is 19.7 Å². The number of guanidine groups is 1. The number of amides is 3. The first-order chi connectivity index (χ1) is 12.7. The first kappa shape index (κ1) is 24.6. The van der Waals surface area contributed by atoms with Gasteiger partial charge < -0.3 is 43.4 Å². The van der Waals surface area contributed by atoms with E-state index < -0.39 is 42.5 Å². The Kier molecular flexibility index (Phi) is 12.5. The van der Waals surface area contributed by atoms with Crippen molar-refractivity contribution in [1.82, 2.24) is 16.0 Å². The minimum atomic E-state index is -1.14. The van der Waals surface area contributed by atoms with Gasteiger partial charge in [0.25, 0.3) is 0 Å². The molecule has 0 aliphatic carbocycles. The number of hydrogen-bond acceptors (Lipinski definition) is 7. The van der Waals surface area contributed by atoms with Crippen molar-refractivity contribution in [3.63, 3.8) is 0 Å². The molecule has 0 radical (unpaired) electrons. The monoisotopic (exact) mass is 389 g/mol. The van der Waals surface area contributed by atoms with Crippen molar-refractivity contribution >= 4 is 23.7 Å². The number of nitrogens with one attached hydrogen (secondary N) is 3. The maximum atomic E-state index is 12.3. The predicted molar refractivity (Wildman–Crippen MR) is 99.2 cm³/mol. The minimum absolute atomic E-state index is 0.0699. The summed E-state index contributed by atoms with van der Waals surface area (Å²) in [7, 11) is 0. The van der Waals surface area contributed by atoms with E-state index in [4.69, 9.17) is 27.4 Å². The van der Waals surface area contributed by atoms with Gasteiger partial charge in [-0.15, -0.1) is 0 Å². The van der Waals surface area contributed by atoms with Gasteiger partial charge in [0.05, 0.1) is 6.61 Å². The van der Waals surface area contributed by atoms with E-state index in [0.29, 0.717) is 12.8 Å². The highest BCUT2D eigenvalue weighted by Crippen LogP contribution is 2.00. The molecule has 0 aromatic heterocycles. The van der Waals surface area contributed by atoms with Crippen LogP contribution in [0.15, 0.2) is 4.99 Å². The molecule has 0 spiro atoms. The zero-order valence-corrected chi connectivity index (χ0v) is 15.5. The van der Waals surface area contributed by atoms with Crippen molar-refractivity contribution < 1.29 is 24.6 Å². The van der Waals surface area contributed by atoms with Crippen LogP contribution in [0.3, 0.4) is 0 Å². The van der Waals surface area contributed by atoms with E-state index in [2.05, 4.69) is 20.9 Å². The standard InChI is InChI=1S/C15H31N7O5/c1-9(21-13(26)10(16)8-24)12(25)22-11(4-2-5-20-15(17)18)14(27)19-6-3-7-23/h9-11,23-24H,2-8,16H2,1H3,(H,19,27)(H,21,26)(H,22,25)(H4,17,18,20)/t9-,10-,11-/m0/s1. The third kappa shape index (κ3) is 11.0. The highest BCUT2D eigenvalue weighted by atomic mass is 16.3. The van der Waals surface area contributed by atoms with Gasteiger partial charge in [-0.1, -0.05) is 0 Å². The summed E-state index contributed by atoms with van der Waals surface area (Å²) in [6.07, 6.45) is 1.09. The Morgan fingerprint density at radius 2 is 1.70 bits per heavy atom. The molecule has 0 unspecified atom stereocenters. The second-order valence-electron chi connectivity index (χ2n) is 5.90. The van der Waals surface area contributed by atoms with Gasteiger partial charge in [-0.3, -0.25) is 19.4 Å². The van der Waals surface area contributed by atoms with E-state index in [9.17, 15) is 14.4 Å². The number of carbonyl (C=O) groups is 3. The lowest BCUT2D eigenvalue weighted by Crippen LogP contribution is -2.55. The summed E-state index contributed by atoms with van der Waals surface area (Å²) < 4.78 is 0. The van der Waals surface area contributed by atoms with Crippen molar-refractivity contribution in [2.45, 2.75) is 44.3 Å². The molecule has 0 aliphatic heterocycles. The zero-order chi connectivity index (χ0) is 20.8. The zero-order valence-electron chi connectivity index (χ0n) is 15.5. The van der Waals surface area contributed by atoms with E-state index in [-0.39, 0.29) is 32.1 Å². The van der Waals surface area contributed by atoms with Gasteiger partial charge in [-0.05, 0) is 26.2 Å². The van der Waals surface area contributed by atoms with E-state index in [1.807, 2.05) is 0 Å². The fourth-order valence-electron chi connectivity index (χ4n) is 1.95. The number of nitrogens with zero attached hydrogens (tertiary/aromatic N) is 1. The number of hydrogen-bond donors (Lipinski definition) is 8. The number of aliphatic hydroxyl groups excluding tert-OH is 2. The molecule has 0 aromatic carbocycles. The number of carbonyl (C=O) groups excluding carboxylic acids is 3. The molecule has 12 heteroatoms. The Morgan fingerprint density at radius 1 is 1.04 bits per heavy atom. The third-order valence-electron chi connectivity index (χ3n) is 3.50. The Bertz CT molecular complexity index is 511. The first-order valence-corrected chi connectivity index (χ1v) is 8.64. The fourth-order valence-corrected chi connectivity index (χ4v) is 1.95. The van der Waals surface area contributed by atoms with Gasteiger partial charge >= 0.3 is 0 Å². The number of nitrogens with two attached hydrogens (primary N) is 3. The quantitative estimate of drug-likeness (QED) is 0.0875. The van der Waals surface area contributed by atoms with Crippen molar-refractivity contribution in [1.29, 1.82) is 0 Å². The molecule has 0 saturated carbocycles. The molecule has 156 valence electrons. The lowest BCUT2D eigenvalue weighted by atomic mass is 10.1. The van der Waals surface area contributed by atoms with Gasteiger partial charge in [-0.2, -0.15) is 0 Å². The Morgan fingerprint density at radius 3 is 2.26 bits per heavy atom. The van der Waals surface area contributed by atoms with Crippen LogP contribution in [0.4, 0.5) is 0 Å². The van der Waals surface area contributed by atoms with Crippen LogP contribution in [0.5, 0.6) is 0 Å². The maximum Gasteiger partial charge on any atom is 0.242 e. The predicted octanol–water partition coefficient (Wildman–Crippen LogP) is -4.15. The molecule has 0 heterocycles. The van der Waals surface area contributed by atoms with E-state index in [0.717, 1.165) is 0 Å². The molecule has 12 nitrogen and oxygen atoms in total. The molecule has 0 aliphatic rings. The normalized spacial score (nSPS) is 13.8. The van der Waals surface area contributed by atoms with Crippen LogP contribution in [0.2, 0.25) is 0 Å². The van der Waals surface area contributed by atoms with Crippen LogP contribution >= 0.6 is 0 Å². The van der Waals surface area contributed by atoms with Gasteiger partial charge in [-0.25, -0.2) is 0 Å². The van der Waals surface area contributed by atoms with Crippen LogP contribution in [0.1, 0.15) is 26.2 Å². The van der Waals surface area contributed by atoms with Crippen LogP contribution < -0.4 is 33.2 Å². The minimum Gasteiger partial charge on any atom is -0.396 e. The maximum absolute atomic E-state index is 12.3. The number of rotatable bonds is 13. The van der Waals surface area contributed by atoms with Crippen LogP contribution in [0.25, 0.3) is 0 Å². The van der Waals surface area contributed by atoms with Crippen LogP contribution in [0, 0.1) is 0 Å². The molecular formula is C15H31N7O5. The summed E-state index contributed by atoms with van der Waals surface area (Å²) in [4.78, 5) is 40.0. The largest absolute Gasteiger partial charge is 0.396 e. The Labute approximate surface area is 157 Å². The summed E-state index contributed by atoms with van der Waals surface area (Å²) in [6, 6.07) is -2.96. The van der Waals surface area contributed by atoms with Crippen LogP contribution in [-0.2, 0) is 14.4 Å². The highest BCUT2D eigenvalue weighted by Gasteiger charge is 2.25. The topological polar surface area (TPSA) is 218 Å². The van der Waals surface area contributed by atoms with E-state index in [1.165, 1.54) is 6.92 Å². The summed E-state index contributed by atoms with van der Waals surface area (Å²) in [5, 5.41) is 25.1. The number of aliphatic imine (C=N–C) groups is 1. The average molecular weight is 389 g/mol. The molecule has 3 amide bonds. The summed E-state index contributed by atoms with van der Waals surface area (Å²) in [6.45, 7) is 1.35. The van der Waals surface area contributed by atoms with E-state index >= 15 is 0 Å². The molecular weight excluding hydrogens is 358 g/mol. The highest BCUT2D eigenvalue weighted by molar-refractivity contribution is 5.92. The molecule has 0 fully saturated rings.